The Morgan fingerprint density at radius 2 is 1.73 bits per heavy atom. The Morgan fingerprint density at radius 3 is 2.45 bits per heavy atom. The van der Waals surface area contributed by atoms with Crippen LogP contribution in [-0.2, 0) is 4.79 Å². The van der Waals surface area contributed by atoms with E-state index in [1.807, 2.05) is 61.5 Å². The summed E-state index contributed by atoms with van der Waals surface area (Å²) in [6, 6.07) is 23.5. The van der Waals surface area contributed by atoms with Gasteiger partial charge in [-0.15, -0.1) is 0 Å². The van der Waals surface area contributed by atoms with E-state index in [9.17, 15) is 9.18 Å². The second kappa shape index (κ2) is 8.66. The molecule has 1 atom stereocenters. The number of carbonyl (C=O) groups excluding carboxylic acids is 1. The minimum absolute atomic E-state index is 0.0149. The highest BCUT2D eigenvalue weighted by molar-refractivity contribution is 5.97. The molecule has 0 spiro atoms. The number of benzene rings is 3. The van der Waals surface area contributed by atoms with Gasteiger partial charge < -0.3 is 5.32 Å². The van der Waals surface area contributed by atoms with Gasteiger partial charge in [-0.2, -0.15) is 4.68 Å². The lowest BCUT2D eigenvalue weighted by molar-refractivity contribution is -0.114. The molecule has 1 aromatic heterocycles. The van der Waals surface area contributed by atoms with Crippen LogP contribution >= 0.6 is 0 Å². The molecule has 8 heteroatoms. The molecule has 0 aliphatic carbocycles. The fraction of sp³-hybridized carbons (Fsp3) is 0.120. The third-order valence-corrected chi connectivity index (χ3v) is 5.51. The number of rotatable bonds is 5. The number of hydrogen-bond donors (Lipinski definition) is 1. The number of tetrazole rings is 1. The Bertz CT molecular complexity index is 1300. The summed E-state index contributed by atoms with van der Waals surface area (Å²) in [6.45, 7) is 2.01. The SMILES string of the molecule is Cc1ccc(C2=CC(c3ccccc3)n3nnnc3N2CC(=O)Nc2ccc(F)cc2)cc1. The summed E-state index contributed by atoms with van der Waals surface area (Å²) in [6.07, 6.45) is 2.06. The number of aromatic nitrogens is 4. The van der Waals surface area contributed by atoms with Crippen molar-refractivity contribution in [3.8, 4) is 0 Å². The molecule has 0 bridgehead atoms. The average Bonchev–Trinajstić information content (AvgIpc) is 3.32. The molecule has 1 N–H and O–H groups in total. The highest BCUT2D eigenvalue weighted by atomic mass is 19.1. The van der Waals surface area contributed by atoms with Crippen LogP contribution in [0.4, 0.5) is 16.0 Å². The quantitative estimate of drug-likeness (QED) is 0.503. The van der Waals surface area contributed by atoms with E-state index in [1.165, 1.54) is 24.3 Å². The number of carbonyl (C=O) groups is 1. The summed E-state index contributed by atoms with van der Waals surface area (Å²) in [5.74, 6) is -0.164. The Hall–Kier alpha value is -4.33. The second-order valence-electron chi connectivity index (χ2n) is 7.84. The third-order valence-electron chi connectivity index (χ3n) is 5.51. The lowest BCUT2D eigenvalue weighted by atomic mass is 10.00. The Balaban J connectivity index is 1.52. The number of halogens is 1. The Labute approximate surface area is 190 Å². The van der Waals surface area contributed by atoms with Crippen LogP contribution in [0.15, 0.2) is 84.9 Å². The number of allylic oxidation sites excluding steroid dienone is 1. The highest BCUT2D eigenvalue weighted by Gasteiger charge is 2.31. The van der Waals surface area contributed by atoms with Crippen molar-refractivity contribution in [2.45, 2.75) is 13.0 Å². The van der Waals surface area contributed by atoms with Gasteiger partial charge in [0.05, 0.1) is 5.70 Å². The zero-order chi connectivity index (χ0) is 22.8. The minimum Gasteiger partial charge on any atom is -0.325 e. The number of nitrogens with zero attached hydrogens (tertiary/aromatic N) is 5. The second-order valence-corrected chi connectivity index (χ2v) is 7.84. The van der Waals surface area contributed by atoms with E-state index in [2.05, 4.69) is 26.9 Å². The predicted molar refractivity (Wildman–Crippen MR) is 124 cm³/mol. The molecule has 0 radical (unpaired) electrons. The normalized spacial score (nSPS) is 15.0. The van der Waals surface area contributed by atoms with Gasteiger partial charge in [0.1, 0.15) is 18.4 Å². The summed E-state index contributed by atoms with van der Waals surface area (Å²) in [4.78, 5) is 14.7. The Kier molecular flexibility index (Phi) is 5.40. The number of nitrogens with one attached hydrogen (secondary N) is 1. The highest BCUT2D eigenvalue weighted by Crippen LogP contribution is 2.36. The van der Waals surface area contributed by atoms with Crippen LogP contribution in [0.5, 0.6) is 0 Å². The summed E-state index contributed by atoms with van der Waals surface area (Å²) in [5.41, 5.74) is 4.47. The predicted octanol–water partition coefficient (Wildman–Crippen LogP) is 4.21. The molecule has 1 unspecified atom stereocenters. The van der Waals surface area contributed by atoms with E-state index >= 15 is 0 Å². The van der Waals surface area contributed by atoms with Crippen molar-refractivity contribution in [1.82, 2.24) is 20.2 Å². The minimum atomic E-state index is -0.361. The first-order valence-corrected chi connectivity index (χ1v) is 10.5. The molecule has 0 saturated carbocycles. The molecule has 0 fully saturated rings. The fourth-order valence-electron chi connectivity index (χ4n) is 3.86. The molecule has 1 aliphatic rings. The number of anilines is 2. The molecule has 1 amide bonds. The monoisotopic (exact) mass is 440 g/mol. The molecular formula is C25H21FN6O. The van der Waals surface area contributed by atoms with Crippen LogP contribution in [0.1, 0.15) is 22.7 Å². The molecule has 3 aromatic carbocycles. The first-order valence-electron chi connectivity index (χ1n) is 10.5. The van der Waals surface area contributed by atoms with Crippen molar-refractivity contribution in [2.75, 3.05) is 16.8 Å². The number of aryl methyl sites for hydroxylation is 1. The molecule has 1 aliphatic heterocycles. The summed E-state index contributed by atoms with van der Waals surface area (Å²) >= 11 is 0. The van der Waals surface area contributed by atoms with Crippen LogP contribution in [0.25, 0.3) is 5.70 Å². The maximum absolute atomic E-state index is 13.2. The van der Waals surface area contributed by atoms with E-state index in [4.69, 9.17) is 0 Å². The number of fused-ring (bicyclic) bond motifs is 1. The van der Waals surface area contributed by atoms with Gasteiger partial charge in [-0.05, 0) is 58.8 Å². The van der Waals surface area contributed by atoms with Crippen LogP contribution in [0.2, 0.25) is 0 Å². The van der Waals surface area contributed by atoms with Gasteiger partial charge >= 0.3 is 0 Å². The summed E-state index contributed by atoms with van der Waals surface area (Å²) in [7, 11) is 0. The van der Waals surface area contributed by atoms with E-state index in [0.29, 0.717) is 11.6 Å². The maximum Gasteiger partial charge on any atom is 0.251 e. The van der Waals surface area contributed by atoms with Crippen molar-refractivity contribution < 1.29 is 9.18 Å². The molecule has 5 rings (SSSR count). The average molecular weight is 440 g/mol. The summed E-state index contributed by atoms with van der Waals surface area (Å²) in [5, 5.41) is 15.1. The molecule has 164 valence electrons. The van der Waals surface area contributed by atoms with E-state index in [1.54, 1.807) is 9.58 Å². The van der Waals surface area contributed by atoms with Crippen molar-refractivity contribution in [1.29, 1.82) is 0 Å². The van der Waals surface area contributed by atoms with Gasteiger partial charge in [-0.25, -0.2) is 4.39 Å². The molecule has 33 heavy (non-hydrogen) atoms. The summed E-state index contributed by atoms with van der Waals surface area (Å²) < 4.78 is 14.9. The Morgan fingerprint density at radius 1 is 1.00 bits per heavy atom. The van der Waals surface area contributed by atoms with Crippen LogP contribution in [0, 0.1) is 12.7 Å². The van der Waals surface area contributed by atoms with E-state index < -0.39 is 0 Å². The maximum atomic E-state index is 13.2. The van der Waals surface area contributed by atoms with Crippen molar-refractivity contribution in [2.24, 2.45) is 0 Å². The molecule has 4 aromatic rings. The molecule has 2 heterocycles. The first kappa shape index (κ1) is 20.6. The van der Waals surface area contributed by atoms with Gasteiger partial charge in [0.2, 0.25) is 5.91 Å². The van der Waals surface area contributed by atoms with Gasteiger partial charge in [-0.3, -0.25) is 9.69 Å². The van der Waals surface area contributed by atoms with Crippen LogP contribution < -0.4 is 10.2 Å². The standard InChI is InChI=1S/C25H21FN6O/c1-17-7-9-19(10-8-17)22-15-23(18-5-3-2-4-6-18)32-25(28-29-30-32)31(22)16-24(33)27-21-13-11-20(26)12-14-21/h2-15,23H,16H2,1H3,(H,27,33). The lowest BCUT2D eigenvalue weighted by Crippen LogP contribution is -2.37. The van der Waals surface area contributed by atoms with Crippen LogP contribution in [-0.4, -0.2) is 32.7 Å². The van der Waals surface area contributed by atoms with Crippen molar-refractivity contribution >= 4 is 23.2 Å². The van der Waals surface area contributed by atoms with E-state index in [0.717, 1.165) is 22.4 Å². The van der Waals surface area contributed by atoms with Crippen LogP contribution in [0.3, 0.4) is 0 Å². The van der Waals surface area contributed by atoms with Gasteiger partial charge in [0.15, 0.2) is 0 Å². The third kappa shape index (κ3) is 4.23. The van der Waals surface area contributed by atoms with Gasteiger partial charge in [0.25, 0.3) is 5.95 Å². The number of hydrogen-bond acceptors (Lipinski definition) is 5. The largest absolute Gasteiger partial charge is 0.325 e. The van der Waals surface area contributed by atoms with Gasteiger partial charge in [0, 0.05) is 5.69 Å². The molecule has 0 saturated heterocycles. The smallest absolute Gasteiger partial charge is 0.251 e. The van der Waals surface area contributed by atoms with Gasteiger partial charge in [-0.1, -0.05) is 65.3 Å². The van der Waals surface area contributed by atoms with Crippen molar-refractivity contribution in [3.63, 3.8) is 0 Å². The first-order chi connectivity index (χ1) is 16.1. The topological polar surface area (TPSA) is 75.9 Å². The zero-order valence-corrected chi connectivity index (χ0v) is 17.9. The fourth-order valence-corrected chi connectivity index (χ4v) is 3.86. The zero-order valence-electron chi connectivity index (χ0n) is 17.9. The lowest BCUT2D eigenvalue weighted by Gasteiger charge is -2.32. The van der Waals surface area contributed by atoms with Crippen molar-refractivity contribution in [3.05, 3.63) is 107 Å². The molecular weight excluding hydrogens is 419 g/mol. The van der Waals surface area contributed by atoms with E-state index in [-0.39, 0.29) is 24.3 Å². The molecule has 7 nitrogen and oxygen atoms in total. The number of amides is 1.